The molecule has 1 aromatic heterocycles. The number of nitrogens with one attached hydrogen (secondary N) is 1. The smallest absolute Gasteiger partial charge is 0.185 e. The molecule has 1 aliphatic carbocycles. The summed E-state index contributed by atoms with van der Waals surface area (Å²) in [5.41, 5.74) is 1.22. The topological polar surface area (TPSA) is 62.3 Å². The van der Waals surface area contributed by atoms with Crippen LogP contribution in [0.15, 0.2) is 0 Å². The molecular weight excluding hydrogens is 294 g/mol. The van der Waals surface area contributed by atoms with Gasteiger partial charge in [-0.1, -0.05) is 6.92 Å². The normalized spacial score (nSPS) is 15.6. The summed E-state index contributed by atoms with van der Waals surface area (Å²) in [5.74, 6) is 0.793. The van der Waals surface area contributed by atoms with Gasteiger partial charge in [0, 0.05) is 37.2 Å². The molecule has 1 aromatic rings. The zero-order chi connectivity index (χ0) is 14.8. The minimum absolute atomic E-state index is 0.171. The van der Waals surface area contributed by atoms with Gasteiger partial charge in [0.2, 0.25) is 0 Å². The van der Waals surface area contributed by atoms with Crippen LogP contribution in [0.2, 0.25) is 0 Å². The maximum absolute atomic E-state index is 11.2. The molecule has 0 aliphatic heterocycles. The summed E-state index contributed by atoms with van der Waals surface area (Å²) < 4.78 is 22.5. The highest BCUT2D eigenvalue weighted by Gasteiger charge is 2.30. The van der Waals surface area contributed by atoms with Crippen LogP contribution in [0.1, 0.15) is 36.3 Å². The van der Waals surface area contributed by atoms with Crippen molar-refractivity contribution < 1.29 is 8.42 Å². The van der Waals surface area contributed by atoms with E-state index >= 15 is 0 Å². The monoisotopic (exact) mass is 317 g/mol. The first-order valence-corrected chi connectivity index (χ1v) is 9.87. The Balaban J connectivity index is 2.07. The molecule has 1 heterocycles. The van der Waals surface area contributed by atoms with Crippen molar-refractivity contribution in [3.05, 3.63) is 10.6 Å². The van der Waals surface area contributed by atoms with Crippen molar-refractivity contribution in [2.75, 3.05) is 37.0 Å². The van der Waals surface area contributed by atoms with Crippen LogP contribution in [0.25, 0.3) is 0 Å². The second-order valence-corrected chi connectivity index (χ2v) is 8.73. The fourth-order valence-corrected chi connectivity index (χ4v) is 3.66. The Bertz CT molecular complexity index is 550. The summed E-state index contributed by atoms with van der Waals surface area (Å²) in [6, 6.07) is 0. The summed E-state index contributed by atoms with van der Waals surface area (Å²) in [4.78, 5) is 7.99. The number of aromatic nitrogens is 1. The van der Waals surface area contributed by atoms with Crippen molar-refractivity contribution in [3.63, 3.8) is 0 Å². The SMILES string of the molecule is CCNCc1sc(N(C)CCS(C)(=O)=O)nc1C1CC1. The van der Waals surface area contributed by atoms with Crippen LogP contribution in [-0.2, 0) is 16.4 Å². The van der Waals surface area contributed by atoms with E-state index in [-0.39, 0.29) is 5.75 Å². The van der Waals surface area contributed by atoms with Crippen molar-refractivity contribution in [2.45, 2.75) is 32.2 Å². The van der Waals surface area contributed by atoms with Gasteiger partial charge in [0.05, 0.1) is 11.4 Å². The fraction of sp³-hybridized carbons (Fsp3) is 0.769. The number of rotatable bonds is 8. The van der Waals surface area contributed by atoms with Crippen molar-refractivity contribution in [2.24, 2.45) is 0 Å². The molecule has 1 saturated carbocycles. The summed E-state index contributed by atoms with van der Waals surface area (Å²) in [6.45, 7) is 4.40. The van der Waals surface area contributed by atoms with Gasteiger partial charge in [0.25, 0.3) is 0 Å². The van der Waals surface area contributed by atoms with Gasteiger partial charge in [-0.3, -0.25) is 0 Å². The van der Waals surface area contributed by atoms with Crippen molar-refractivity contribution >= 4 is 26.3 Å². The zero-order valence-corrected chi connectivity index (χ0v) is 14.0. The van der Waals surface area contributed by atoms with Crippen LogP contribution in [-0.4, -0.2) is 45.5 Å². The minimum atomic E-state index is -2.93. The molecule has 1 aliphatic rings. The molecule has 0 aromatic carbocycles. The predicted molar refractivity (Wildman–Crippen MR) is 84.5 cm³/mol. The molecule has 1 fully saturated rings. The summed E-state index contributed by atoms with van der Waals surface area (Å²) in [5, 5.41) is 4.29. The second-order valence-electron chi connectivity index (χ2n) is 5.41. The number of hydrogen-bond donors (Lipinski definition) is 1. The van der Waals surface area contributed by atoms with Crippen molar-refractivity contribution in [3.8, 4) is 0 Å². The Hall–Kier alpha value is -0.660. The van der Waals surface area contributed by atoms with Crippen LogP contribution in [0.3, 0.4) is 0 Å². The Morgan fingerprint density at radius 1 is 1.45 bits per heavy atom. The van der Waals surface area contributed by atoms with Crippen LogP contribution >= 0.6 is 11.3 Å². The van der Waals surface area contributed by atoms with E-state index in [0.29, 0.717) is 12.5 Å². The summed E-state index contributed by atoms with van der Waals surface area (Å²) in [6.07, 6.45) is 3.74. The molecule has 114 valence electrons. The van der Waals surface area contributed by atoms with Gasteiger partial charge in [-0.15, -0.1) is 11.3 Å². The van der Waals surface area contributed by atoms with E-state index < -0.39 is 9.84 Å². The van der Waals surface area contributed by atoms with Crippen LogP contribution in [0, 0.1) is 0 Å². The summed E-state index contributed by atoms with van der Waals surface area (Å²) >= 11 is 1.68. The molecule has 0 amide bonds. The molecule has 0 bridgehead atoms. The molecular formula is C13H23N3O2S2. The standard InChI is InChI=1S/C13H23N3O2S2/c1-4-14-9-11-12(10-5-6-10)15-13(19-11)16(2)7-8-20(3,17)18/h10,14H,4-9H2,1-3H3. The van der Waals surface area contributed by atoms with Gasteiger partial charge < -0.3 is 10.2 Å². The minimum Gasteiger partial charge on any atom is -0.350 e. The first kappa shape index (κ1) is 15.7. The summed E-state index contributed by atoms with van der Waals surface area (Å²) in [7, 11) is -1.01. The van der Waals surface area contributed by atoms with E-state index in [9.17, 15) is 8.42 Å². The maximum Gasteiger partial charge on any atom is 0.185 e. The molecule has 0 radical (unpaired) electrons. The third-order valence-corrected chi connectivity index (χ3v) is 5.45. The van der Waals surface area contributed by atoms with Crippen LogP contribution in [0.5, 0.6) is 0 Å². The molecule has 0 spiro atoms. The predicted octanol–water partition coefficient (Wildman–Crippen LogP) is 1.61. The van der Waals surface area contributed by atoms with Gasteiger partial charge in [0.15, 0.2) is 5.13 Å². The third kappa shape index (κ3) is 4.43. The lowest BCUT2D eigenvalue weighted by atomic mass is 10.2. The molecule has 5 nitrogen and oxygen atoms in total. The number of thiazole rings is 1. The lowest BCUT2D eigenvalue weighted by Gasteiger charge is -2.14. The van der Waals surface area contributed by atoms with Gasteiger partial charge in [-0.25, -0.2) is 13.4 Å². The van der Waals surface area contributed by atoms with E-state index in [0.717, 1.165) is 18.2 Å². The lowest BCUT2D eigenvalue weighted by molar-refractivity contribution is 0.601. The van der Waals surface area contributed by atoms with Gasteiger partial charge in [0.1, 0.15) is 9.84 Å². The van der Waals surface area contributed by atoms with Crippen molar-refractivity contribution in [1.82, 2.24) is 10.3 Å². The molecule has 20 heavy (non-hydrogen) atoms. The second kappa shape index (κ2) is 6.41. The van der Waals surface area contributed by atoms with E-state index in [1.165, 1.54) is 29.7 Å². The van der Waals surface area contributed by atoms with Gasteiger partial charge in [-0.2, -0.15) is 0 Å². The highest BCUT2D eigenvalue weighted by Crippen LogP contribution is 2.44. The lowest BCUT2D eigenvalue weighted by Crippen LogP contribution is -2.24. The number of sulfone groups is 1. The van der Waals surface area contributed by atoms with Gasteiger partial charge >= 0.3 is 0 Å². The fourth-order valence-electron chi connectivity index (χ4n) is 1.95. The zero-order valence-electron chi connectivity index (χ0n) is 12.3. The average molecular weight is 317 g/mol. The van der Waals surface area contributed by atoms with Crippen LogP contribution in [0.4, 0.5) is 5.13 Å². The average Bonchev–Trinajstić information content (AvgIpc) is 3.13. The quantitative estimate of drug-likeness (QED) is 0.789. The molecule has 0 atom stereocenters. The molecule has 7 heteroatoms. The number of hydrogen-bond acceptors (Lipinski definition) is 6. The Morgan fingerprint density at radius 3 is 2.70 bits per heavy atom. The molecule has 2 rings (SSSR count). The van der Waals surface area contributed by atoms with E-state index in [2.05, 4.69) is 12.2 Å². The Kier molecular flexibility index (Phi) is 5.04. The molecule has 0 saturated heterocycles. The van der Waals surface area contributed by atoms with E-state index in [4.69, 9.17) is 4.98 Å². The number of nitrogens with zero attached hydrogens (tertiary/aromatic N) is 2. The van der Waals surface area contributed by atoms with Gasteiger partial charge in [-0.05, 0) is 19.4 Å². The third-order valence-electron chi connectivity index (χ3n) is 3.34. The van der Waals surface area contributed by atoms with Crippen LogP contribution < -0.4 is 10.2 Å². The van der Waals surface area contributed by atoms with Crippen molar-refractivity contribution in [1.29, 1.82) is 0 Å². The molecule has 1 N–H and O–H groups in total. The van der Waals surface area contributed by atoms with E-state index in [1.54, 1.807) is 11.3 Å². The highest BCUT2D eigenvalue weighted by molar-refractivity contribution is 7.90. The Morgan fingerprint density at radius 2 is 2.15 bits per heavy atom. The first-order chi connectivity index (χ1) is 9.40. The number of anilines is 1. The first-order valence-electron chi connectivity index (χ1n) is 7.00. The maximum atomic E-state index is 11.2. The van der Waals surface area contributed by atoms with E-state index in [1.807, 2.05) is 11.9 Å². The highest BCUT2D eigenvalue weighted by atomic mass is 32.2. The molecule has 0 unspecified atom stereocenters. The Labute approximate surface area is 125 Å². The largest absolute Gasteiger partial charge is 0.350 e.